The largest absolute Gasteiger partial charge is 0.280 e. The second-order valence-electron chi connectivity index (χ2n) is 2.79. The van der Waals surface area contributed by atoms with Crippen molar-refractivity contribution in [1.82, 2.24) is 4.98 Å². The summed E-state index contributed by atoms with van der Waals surface area (Å²) >= 11 is 0. The molecular formula is C5H9B4N. The second-order valence-corrected chi connectivity index (χ2v) is 2.79. The van der Waals surface area contributed by atoms with Crippen LogP contribution in [0.4, 0.5) is 0 Å². The van der Waals surface area contributed by atoms with Crippen LogP contribution in [-0.4, -0.2) is 36.4 Å². The van der Waals surface area contributed by atoms with E-state index in [4.69, 9.17) is 0 Å². The maximum atomic E-state index is 4.33. The number of nitrogens with zero attached hydrogens (tertiary/aromatic N) is 1. The Kier molecular flexibility index (Phi) is 1.93. The minimum absolute atomic E-state index is 1.11. The molecule has 1 heterocycles. The summed E-state index contributed by atoms with van der Waals surface area (Å²) in [6.07, 6.45) is 0. The Morgan fingerprint density at radius 2 is 1.70 bits per heavy atom. The lowest BCUT2D eigenvalue weighted by Crippen LogP contribution is -2.45. The monoisotopic (exact) mass is 127 g/mol. The van der Waals surface area contributed by atoms with E-state index in [0.717, 1.165) is 11.2 Å². The van der Waals surface area contributed by atoms with Gasteiger partial charge in [-0.15, -0.1) is 0 Å². The third-order valence-electron chi connectivity index (χ3n) is 1.90. The maximum Gasteiger partial charge on any atom is 0.163 e. The van der Waals surface area contributed by atoms with Gasteiger partial charge in [-0.25, -0.2) is 0 Å². The van der Waals surface area contributed by atoms with Gasteiger partial charge < -0.3 is 0 Å². The quantitative estimate of drug-likeness (QED) is 0.316. The molecule has 46 valence electrons. The summed E-state index contributed by atoms with van der Waals surface area (Å²) in [5.74, 6) is 0. The number of pyridine rings is 1. The molecule has 0 unspecified atom stereocenters. The van der Waals surface area contributed by atoms with Gasteiger partial charge >= 0.3 is 0 Å². The number of hydrogen-bond donors (Lipinski definition) is 0. The van der Waals surface area contributed by atoms with Gasteiger partial charge in [0.1, 0.15) is 15.7 Å². The van der Waals surface area contributed by atoms with E-state index in [-0.39, 0.29) is 0 Å². The summed E-state index contributed by atoms with van der Waals surface area (Å²) in [4.78, 5) is 4.33. The van der Waals surface area contributed by atoms with Crippen LogP contribution in [0.15, 0.2) is 6.07 Å². The molecule has 1 aromatic heterocycles. The van der Waals surface area contributed by atoms with E-state index < -0.39 is 0 Å². The van der Waals surface area contributed by atoms with Gasteiger partial charge in [-0.3, -0.25) is 4.98 Å². The fourth-order valence-corrected chi connectivity index (χ4v) is 1.09. The van der Waals surface area contributed by atoms with Crippen LogP contribution in [0.25, 0.3) is 0 Å². The van der Waals surface area contributed by atoms with Crippen molar-refractivity contribution in [3.63, 3.8) is 0 Å². The standard InChI is InChI=1S/C5H9B4N/c6-2-1-3(7)10-5(9)4(2)8/h1H,6-9H2. The first-order valence-electron chi connectivity index (χ1n) is 3.52. The SMILES string of the molecule is Bc1cc(B)c(B)c(B)n1. The molecule has 0 radical (unpaired) electrons. The van der Waals surface area contributed by atoms with E-state index in [9.17, 15) is 0 Å². The van der Waals surface area contributed by atoms with E-state index >= 15 is 0 Å². The summed E-state index contributed by atoms with van der Waals surface area (Å²) in [6.45, 7) is 0. The van der Waals surface area contributed by atoms with Crippen LogP contribution >= 0.6 is 0 Å². The molecule has 5 heteroatoms. The highest BCUT2D eigenvalue weighted by molar-refractivity contribution is 6.57. The molecule has 0 saturated carbocycles. The molecule has 1 rings (SSSR count). The van der Waals surface area contributed by atoms with Gasteiger partial charge in [-0.1, -0.05) is 17.0 Å². The van der Waals surface area contributed by atoms with Crippen LogP contribution in [-0.2, 0) is 0 Å². The molecule has 0 aliphatic heterocycles. The van der Waals surface area contributed by atoms with Crippen molar-refractivity contribution in [3.8, 4) is 0 Å². The molecule has 10 heavy (non-hydrogen) atoms. The van der Waals surface area contributed by atoms with Gasteiger partial charge in [0.2, 0.25) is 0 Å². The van der Waals surface area contributed by atoms with Crippen molar-refractivity contribution in [2.45, 2.75) is 0 Å². The first-order chi connectivity index (χ1) is 4.61. The Bertz CT molecular complexity index is 237. The van der Waals surface area contributed by atoms with E-state index in [2.05, 4.69) is 34.6 Å². The Hall–Kier alpha value is -0.590. The predicted octanol–water partition coefficient (Wildman–Crippen LogP) is -5.88. The molecule has 1 aromatic rings. The van der Waals surface area contributed by atoms with Gasteiger partial charge in [0.25, 0.3) is 0 Å². The van der Waals surface area contributed by atoms with Crippen molar-refractivity contribution >= 4 is 53.5 Å². The maximum absolute atomic E-state index is 4.33. The summed E-state index contributed by atoms with van der Waals surface area (Å²) in [6, 6.07) is 2.11. The van der Waals surface area contributed by atoms with E-state index in [1.165, 1.54) is 10.9 Å². The summed E-state index contributed by atoms with van der Waals surface area (Å²) in [5.41, 5.74) is 4.91. The average Bonchev–Trinajstić information content (AvgIpc) is 1.82. The molecule has 0 fully saturated rings. The van der Waals surface area contributed by atoms with E-state index in [0.29, 0.717) is 0 Å². The second kappa shape index (κ2) is 2.57. The molecular weight excluding hydrogens is 117 g/mol. The Morgan fingerprint density at radius 1 is 1.10 bits per heavy atom. The van der Waals surface area contributed by atoms with E-state index in [1.54, 1.807) is 0 Å². The lowest BCUT2D eigenvalue weighted by atomic mass is 9.74. The fraction of sp³-hybridized carbons (Fsp3) is 0. The van der Waals surface area contributed by atoms with Crippen LogP contribution in [0.3, 0.4) is 0 Å². The highest BCUT2D eigenvalue weighted by Gasteiger charge is 1.97. The number of aromatic nitrogens is 1. The van der Waals surface area contributed by atoms with Crippen molar-refractivity contribution in [2.75, 3.05) is 0 Å². The molecule has 1 nitrogen and oxygen atoms in total. The predicted molar refractivity (Wildman–Crippen MR) is 56.9 cm³/mol. The van der Waals surface area contributed by atoms with Crippen LogP contribution in [0.5, 0.6) is 0 Å². The number of hydrogen-bond acceptors (Lipinski definition) is 1. The number of rotatable bonds is 0. The Balaban J connectivity index is 3.31. The van der Waals surface area contributed by atoms with Crippen molar-refractivity contribution in [1.29, 1.82) is 0 Å². The van der Waals surface area contributed by atoms with Gasteiger partial charge in [0.05, 0.1) is 0 Å². The van der Waals surface area contributed by atoms with E-state index in [1.807, 2.05) is 7.85 Å². The van der Waals surface area contributed by atoms with Crippen molar-refractivity contribution in [3.05, 3.63) is 6.07 Å². The molecule has 0 atom stereocenters. The average molecular weight is 126 g/mol. The molecule has 0 aliphatic rings. The van der Waals surface area contributed by atoms with Crippen LogP contribution in [0.2, 0.25) is 0 Å². The highest BCUT2D eigenvalue weighted by Crippen LogP contribution is 1.60. The highest BCUT2D eigenvalue weighted by atomic mass is 14.7. The normalized spacial score (nSPS) is 9.60. The van der Waals surface area contributed by atoms with Gasteiger partial charge in [-0.05, 0) is 11.2 Å². The zero-order valence-electron chi connectivity index (χ0n) is 7.02. The lowest BCUT2D eigenvalue weighted by Gasteiger charge is -2.04. The topological polar surface area (TPSA) is 12.9 Å². The van der Waals surface area contributed by atoms with Crippen LogP contribution in [0.1, 0.15) is 0 Å². The molecule has 0 N–H and O–H groups in total. The van der Waals surface area contributed by atoms with Crippen LogP contribution < -0.4 is 22.1 Å². The summed E-state index contributed by atoms with van der Waals surface area (Å²) in [5, 5.41) is 0. The fourth-order valence-electron chi connectivity index (χ4n) is 1.09. The smallest absolute Gasteiger partial charge is 0.163 e. The molecule has 0 saturated heterocycles. The first-order valence-corrected chi connectivity index (χ1v) is 3.52. The zero-order valence-corrected chi connectivity index (χ0v) is 7.02. The zero-order chi connectivity index (χ0) is 7.72. The minimum atomic E-state index is 1.11. The third kappa shape index (κ3) is 1.28. The Morgan fingerprint density at radius 3 is 2.20 bits per heavy atom. The van der Waals surface area contributed by atoms with Crippen molar-refractivity contribution in [2.24, 2.45) is 0 Å². The Labute approximate surface area is 65.3 Å². The van der Waals surface area contributed by atoms with Crippen molar-refractivity contribution < 1.29 is 0 Å². The molecule has 0 bridgehead atoms. The molecule has 0 aliphatic carbocycles. The first kappa shape index (κ1) is 7.52. The summed E-state index contributed by atoms with van der Waals surface area (Å²) in [7, 11) is 8.31. The third-order valence-corrected chi connectivity index (χ3v) is 1.90. The lowest BCUT2D eigenvalue weighted by molar-refractivity contribution is 1.49. The van der Waals surface area contributed by atoms with Gasteiger partial charge in [0.15, 0.2) is 15.7 Å². The van der Waals surface area contributed by atoms with Crippen LogP contribution in [0, 0.1) is 0 Å². The minimum Gasteiger partial charge on any atom is -0.280 e. The molecule has 0 amide bonds. The molecule has 0 spiro atoms. The summed E-state index contributed by atoms with van der Waals surface area (Å²) < 4.78 is 0. The van der Waals surface area contributed by atoms with Gasteiger partial charge in [-0.2, -0.15) is 0 Å². The molecule has 0 aromatic carbocycles. The van der Waals surface area contributed by atoms with Gasteiger partial charge in [0, 0.05) is 0 Å².